The molecule has 0 unspecified atom stereocenters. The number of benzene rings is 3. The normalized spacial score (nSPS) is 11.5. The molecule has 0 aliphatic heterocycles. The van der Waals surface area contributed by atoms with Crippen molar-refractivity contribution in [1.29, 1.82) is 0 Å². The number of furan rings is 1. The molecule has 0 atom stereocenters. The van der Waals surface area contributed by atoms with Crippen molar-refractivity contribution in [2.45, 2.75) is 6.92 Å². The van der Waals surface area contributed by atoms with Gasteiger partial charge >= 0.3 is 0 Å². The molecule has 1 amide bonds. The van der Waals surface area contributed by atoms with Crippen molar-refractivity contribution in [3.8, 4) is 22.8 Å². The monoisotopic (exact) mass is 556 g/mol. The number of nitrogens with zero attached hydrogens (tertiary/aromatic N) is 1. The third kappa shape index (κ3) is 5.30. The summed E-state index contributed by atoms with van der Waals surface area (Å²) < 4.78 is 11.6. The predicted molar refractivity (Wildman–Crippen MR) is 146 cm³/mol. The summed E-state index contributed by atoms with van der Waals surface area (Å²) in [6.45, 7) is 1.89. The summed E-state index contributed by atoms with van der Waals surface area (Å²) in [4.78, 5) is 17.1. The van der Waals surface area contributed by atoms with Gasteiger partial charge in [0, 0.05) is 38.0 Å². The van der Waals surface area contributed by atoms with Gasteiger partial charge in [0.15, 0.2) is 5.58 Å². The van der Waals surface area contributed by atoms with Gasteiger partial charge in [-0.25, -0.2) is 4.98 Å². The Morgan fingerprint density at radius 2 is 1.61 bits per heavy atom. The number of halogens is 4. The van der Waals surface area contributed by atoms with Crippen LogP contribution in [0.15, 0.2) is 75.6 Å². The number of carbonyl (C=O) groups excluding carboxylic acids is 1. The molecule has 0 saturated heterocycles. The van der Waals surface area contributed by atoms with E-state index >= 15 is 0 Å². The lowest BCUT2D eigenvalue weighted by Crippen LogP contribution is -2.09. The summed E-state index contributed by atoms with van der Waals surface area (Å²) >= 11 is 24.4. The third-order valence-electron chi connectivity index (χ3n) is 5.32. The Morgan fingerprint density at radius 1 is 0.861 bits per heavy atom. The maximum atomic E-state index is 12.6. The highest BCUT2D eigenvalue weighted by atomic mass is 35.5. The zero-order valence-electron chi connectivity index (χ0n) is 18.6. The number of nitrogens with one attached hydrogen (secondary N) is 1. The number of rotatable bonds is 5. The van der Waals surface area contributed by atoms with Crippen LogP contribution in [-0.4, -0.2) is 10.9 Å². The first-order chi connectivity index (χ1) is 17.2. The smallest absolute Gasteiger partial charge is 0.248 e. The van der Waals surface area contributed by atoms with E-state index in [1.807, 2.05) is 19.1 Å². The average Bonchev–Trinajstić information content (AvgIpc) is 3.46. The van der Waals surface area contributed by atoms with Crippen molar-refractivity contribution in [3.63, 3.8) is 0 Å². The molecule has 5 rings (SSSR count). The van der Waals surface area contributed by atoms with E-state index in [2.05, 4.69) is 10.3 Å². The van der Waals surface area contributed by atoms with Crippen LogP contribution in [0.25, 0.3) is 40.0 Å². The van der Waals surface area contributed by atoms with Crippen molar-refractivity contribution in [1.82, 2.24) is 4.98 Å². The van der Waals surface area contributed by atoms with Gasteiger partial charge in [-0.05, 0) is 73.2 Å². The molecule has 2 aromatic heterocycles. The lowest BCUT2D eigenvalue weighted by atomic mass is 10.1. The van der Waals surface area contributed by atoms with Crippen LogP contribution in [0, 0.1) is 6.92 Å². The van der Waals surface area contributed by atoms with Crippen molar-refractivity contribution < 1.29 is 13.6 Å². The standard InChI is InChI=1S/C27H16Cl4N2O3/c1-14-2-3-15(27-33-23-13-19(30)12-21(31)26(23)36-27)10-22(14)32-25(34)7-5-20-4-6-24(35-20)16-8-17(28)11-18(29)9-16/h2-13H,1H3,(H,32,34)/b7-5+. The quantitative estimate of drug-likeness (QED) is 0.218. The molecule has 9 heteroatoms. The Balaban J connectivity index is 1.33. The number of aromatic nitrogens is 1. The molecular formula is C27H16Cl4N2O3. The number of aryl methyl sites for hydroxylation is 1. The van der Waals surface area contributed by atoms with Crippen molar-refractivity contribution in [3.05, 3.63) is 98.2 Å². The van der Waals surface area contributed by atoms with E-state index in [0.29, 0.717) is 59.9 Å². The Kier molecular flexibility index (Phi) is 6.82. The number of hydrogen-bond donors (Lipinski definition) is 1. The number of hydrogen-bond acceptors (Lipinski definition) is 4. The molecule has 0 aliphatic rings. The second-order valence-electron chi connectivity index (χ2n) is 7.97. The van der Waals surface area contributed by atoms with Gasteiger partial charge in [0.25, 0.3) is 0 Å². The molecule has 5 nitrogen and oxygen atoms in total. The fourth-order valence-corrected chi connectivity index (χ4v) is 4.65. The Labute approximate surface area is 226 Å². The lowest BCUT2D eigenvalue weighted by Gasteiger charge is -2.08. The zero-order chi connectivity index (χ0) is 25.4. The van der Waals surface area contributed by atoms with Crippen LogP contribution >= 0.6 is 46.4 Å². The minimum absolute atomic E-state index is 0.327. The molecule has 0 saturated carbocycles. The van der Waals surface area contributed by atoms with E-state index in [-0.39, 0.29) is 5.91 Å². The highest BCUT2D eigenvalue weighted by molar-refractivity contribution is 6.38. The molecule has 2 heterocycles. The SMILES string of the molecule is Cc1ccc(-c2nc3cc(Cl)cc(Cl)c3o2)cc1NC(=O)/C=C/c1ccc(-c2cc(Cl)cc(Cl)c2)o1. The van der Waals surface area contributed by atoms with E-state index < -0.39 is 0 Å². The summed E-state index contributed by atoms with van der Waals surface area (Å²) in [6.07, 6.45) is 2.97. The van der Waals surface area contributed by atoms with Gasteiger partial charge in [0.2, 0.25) is 11.8 Å². The first kappa shape index (κ1) is 24.5. The first-order valence-electron chi connectivity index (χ1n) is 10.7. The van der Waals surface area contributed by atoms with E-state index in [4.69, 9.17) is 55.2 Å². The molecule has 0 bridgehead atoms. The fraction of sp³-hybridized carbons (Fsp3) is 0.0370. The number of anilines is 1. The first-order valence-corrected chi connectivity index (χ1v) is 12.2. The molecule has 0 spiro atoms. The summed E-state index contributed by atoms with van der Waals surface area (Å²) in [5, 5.41) is 4.74. The van der Waals surface area contributed by atoms with Crippen LogP contribution in [0.2, 0.25) is 20.1 Å². The predicted octanol–water partition coefficient (Wildman–Crippen LogP) is 9.33. The van der Waals surface area contributed by atoms with Gasteiger partial charge in [-0.3, -0.25) is 4.79 Å². The zero-order valence-corrected chi connectivity index (χ0v) is 21.6. The van der Waals surface area contributed by atoms with Gasteiger partial charge in [-0.2, -0.15) is 0 Å². The van der Waals surface area contributed by atoms with E-state index in [1.54, 1.807) is 54.6 Å². The van der Waals surface area contributed by atoms with Crippen LogP contribution in [0.1, 0.15) is 11.3 Å². The van der Waals surface area contributed by atoms with Crippen LogP contribution in [0.5, 0.6) is 0 Å². The van der Waals surface area contributed by atoms with Gasteiger partial charge in [0.1, 0.15) is 17.0 Å². The lowest BCUT2D eigenvalue weighted by molar-refractivity contribution is -0.111. The minimum atomic E-state index is -0.327. The van der Waals surface area contributed by atoms with Crippen LogP contribution in [0.3, 0.4) is 0 Å². The van der Waals surface area contributed by atoms with Crippen LogP contribution in [-0.2, 0) is 4.79 Å². The summed E-state index contributed by atoms with van der Waals surface area (Å²) in [6, 6.07) is 17.5. The van der Waals surface area contributed by atoms with Gasteiger partial charge in [-0.1, -0.05) is 52.5 Å². The van der Waals surface area contributed by atoms with Gasteiger partial charge in [-0.15, -0.1) is 0 Å². The van der Waals surface area contributed by atoms with E-state index in [1.165, 1.54) is 6.08 Å². The second kappa shape index (κ2) is 10.0. The average molecular weight is 558 g/mol. The summed E-state index contributed by atoms with van der Waals surface area (Å²) in [5.74, 6) is 1.13. The summed E-state index contributed by atoms with van der Waals surface area (Å²) in [7, 11) is 0. The maximum Gasteiger partial charge on any atom is 0.248 e. The molecule has 0 fully saturated rings. The molecule has 36 heavy (non-hydrogen) atoms. The third-order valence-corrected chi connectivity index (χ3v) is 6.26. The molecule has 3 aromatic carbocycles. The van der Waals surface area contributed by atoms with Gasteiger partial charge < -0.3 is 14.2 Å². The number of carbonyl (C=O) groups is 1. The Bertz CT molecular complexity index is 1630. The topological polar surface area (TPSA) is 68.3 Å². The van der Waals surface area contributed by atoms with E-state index in [9.17, 15) is 4.79 Å². The molecular weight excluding hydrogens is 542 g/mol. The Hall–Kier alpha value is -3.22. The molecule has 0 aliphatic carbocycles. The molecule has 1 N–H and O–H groups in total. The molecule has 5 aromatic rings. The van der Waals surface area contributed by atoms with Crippen molar-refractivity contribution in [2.24, 2.45) is 0 Å². The maximum absolute atomic E-state index is 12.6. The highest BCUT2D eigenvalue weighted by Gasteiger charge is 2.14. The number of amides is 1. The molecule has 180 valence electrons. The van der Waals surface area contributed by atoms with Crippen LogP contribution in [0.4, 0.5) is 5.69 Å². The summed E-state index contributed by atoms with van der Waals surface area (Å²) in [5.41, 5.74) is 3.90. The van der Waals surface area contributed by atoms with Crippen LogP contribution < -0.4 is 5.32 Å². The molecule has 0 radical (unpaired) electrons. The Morgan fingerprint density at radius 3 is 2.39 bits per heavy atom. The fourth-order valence-electron chi connectivity index (χ4n) is 3.60. The van der Waals surface area contributed by atoms with E-state index in [0.717, 1.165) is 11.1 Å². The van der Waals surface area contributed by atoms with Gasteiger partial charge in [0.05, 0.1) is 5.02 Å². The second-order valence-corrected chi connectivity index (χ2v) is 9.68. The van der Waals surface area contributed by atoms with Crippen molar-refractivity contribution >= 4 is 75.2 Å². The van der Waals surface area contributed by atoms with Crippen molar-refractivity contribution in [2.75, 3.05) is 5.32 Å². The largest absolute Gasteiger partial charge is 0.457 e. The number of fused-ring (bicyclic) bond motifs is 1. The minimum Gasteiger partial charge on any atom is -0.457 e. The number of oxazole rings is 1. The highest BCUT2D eigenvalue weighted by Crippen LogP contribution is 2.33.